The number of hydrogen-bond donors (Lipinski definition) is 1. The van der Waals surface area contributed by atoms with Crippen LogP contribution in [0.15, 0.2) is 18.2 Å². The Morgan fingerprint density at radius 3 is 3.00 bits per heavy atom. The van der Waals surface area contributed by atoms with Gasteiger partial charge in [-0.3, -0.25) is 4.79 Å². The van der Waals surface area contributed by atoms with Gasteiger partial charge in [0.05, 0.1) is 18.2 Å². The molecule has 0 bridgehead atoms. The first-order valence-electron chi connectivity index (χ1n) is 7.10. The van der Waals surface area contributed by atoms with Gasteiger partial charge in [-0.15, -0.1) is 12.4 Å². The van der Waals surface area contributed by atoms with Crippen LogP contribution in [0, 0.1) is 5.82 Å². The lowest BCUT2D eigenvalue weighted by Gasteiger charge is -2.33. The van der Waals surface area contributed by atoms with Gasteiger partial charge in [-0.05, 0) is 37.7 Å². The SMILES string of the molecule is CNCCCC(=O)N1CCOC(c2ccc(F)c(Cl)c2)C1.Cl. The number of nitrogens with one attached hydrogen (secondary N) is 1. The summed E-state index contributed by atoms with van der Waals surface area (Å²) in [7, 11) is 1.87. The average Bonchev–Trinajstić information content (AvgIpc) is 2.50. The maximum Gasteiger partial charge on any atom is 0.222 e. The van der Waals surface area contributed by atoms with Gasteiger partial charge in [0, 0.05) is 13.0 Å². The minimum absolute atomic E-state index is 0. The van der Waals surface area contributed by atoms with Crippen molar-refractivity contribution < 1.29 is 13.9 Å². The van der Waals surface area contributed by atoms with Crippen LogP contribution in [0.3, 0.4) is 0 Å². The van der Waals surface area contributed by atoms with E-state index in [-0.39, 0.29) is 29.4 Å². The van der Waals surface area contributed by atoms with Gasteiger partial charge in [0.1, 0.15) is 11.9 Å². The van der Waals surface area contributed by atoms with Crippen LogP contribution >= 0.6 is 24.0 Å². The number of rotatable bonds is 5. The van der Waals surface area contributed by atoms with E-state index in [1.807, 2.05) is 7.05 Å². The van der Waals surface area contributed by atoms with Gasteiger partial charge in [-0.1, -0.05) is 17.7 Å². The molecule has 0 saturated carbocycles. The van der Waals surface area contributed by atoms with Crippen LogP contribution in [-0.4, -0.2) is 44.1 Å². The van der Waals surface area contributed by atoms with Crippen molar-refractivity contribution in [1.82, 2.24) is 10.2 Å². The Balaban J connectivity index is 0.00000242. The normalized spacial score (nSPS) is 18.0. The van der Waals surface area contributed by atoms with Crippen molar-refractivity contribution in [1.29, 1.82) is 0 Å². The third-order valence-electron chi connectivity index (χ3n) is 3.55. The highest BCUT2D eigenvalue weighted by Crippen LogP contribution is 2.26. The highest BCUT2D eigenvalue weighted by molar-refractivity contribution is 6.30. The van der Waals surface area contributed by atoms with E-state index in [1.54, 1.807) is 17.0 Å². The molecule has 1 aromatic rings. The van der Waals surface area contributed by atoms with Crippen molar-refractivity contribution in [2.75, 3.05) is 33.3 Å². The number of nitrogens with zero attached hydrogens (tertiary/aromatic N) is 1. The predicted molar refractivity (Wildman–Crippen MR) is 87.1 cm³/mol. The summed E-state index contributed by atoms with van der Waals surface area (Å²) < 4.78 is 18.9. The number of carbonyl (C=O) groups is 1. The van der Waals surface area contributed by atoms with E-state index in [0.717, 1.165) is 18.5 Å². The highest BCUT2D eigenvalue weighted by Gasteiger charge is 2.25. The zero-order valence-corrected chi connectivity index (χ0v) is 14.1. The molecule has 2 rings (SSSR count). The largest absolute Gasteiger partial charge is 0.370 e. The fourth-order valence-electron chi connectivity index (χ4n) is 2.36. The Morgan fingerprint density at radius 1 is 1.55 bits per heavy atom. The third kappa shape index (κ3) is 5.09. The summed E-state index contributed by atoms with van der Waals surface area (Å²) in [4.78, 5) is 13.9. The van der Waals surface area contributed by atoms with Crippen molar-refractivity contribution in [3.8, 4) is 0 Å². The first kappa shape index (κ1) is 19.2. The number of carbonyl (C=O) groups excluding carboxylic acids is 1. The lowest BCUT2D eigenvalue weighted by molar-refractivity contribution is -0.139. The smallest absolute Gasteiger partial charge is 0.222 e. The molecule has 1 atom stereocenters. The summed E-state index contributed by atoms with van der Waals surface area (Å²) >= 11 is 5.80. The first-order valence-corrected chi connectivity index (χ1v) is 7.48. The fourth-order valence-corrected chi connectivity index (χ4v) is 2.55. The van der Waals surface area contributed by atoms with Crippen molar-refractivity contribution in [3.05, 3.63) is 34.6 Å². The zero-order valence-electron chi connectivity index (χ0n) is 12.5. The molecule has 1 saturated heterocycles. The van der Waals surface area contributed by atoms with Gasteiger partial charge < -0.3 is 15.0 Å². The summed E-state index contributed by atoms with van der Waals surface area (Å²) in [5.41, 5.74) is 0.800. The number of benzene rings is 1. The molecule has 4 nitrogen and oxygen atoms in total. The number of amides is 1. The average molecular weight is 351 g/mol. The Bertz CT molecular complexity index is 502. The quantitative estimate of drug-likeness (QED) is 0.830. The Hall–Kier alpha value is -0.880. The van der Waals surface area contributed by atoms with Gasteiger partial charge in [0.2, 0.25) is 5.91 Å². The van der Waals surface area contributed by atoms with Gasteiger partial charge in [-0.25, -0.2) is 4.39 Å². The second-order valence-corrected chi connectivity index (χ2v) is 5.49. The standard InChI is InChI=1S/C15H20ClFN2O2.ClH/c1-18-6-2-3-15(20)19-7-8-21-14(10-19)11-4-5-13(17)12(16)9-11;/h4-5,9,14,18H,2-3,6-8,10H2,1H3;1H. The van der Waals surface area contributed by atoms with Crippen LogP contribution < -0.4 is 5.32 Å². The topological polar surface area (TPSA) is 41.6 Å². The summed E-state index contributed by atoms with van der Waals surface area (Å²) in [6, 6.07) is 4.55. The van der Waals surface area contributed by atoms with Crippen molar-refractivity contribution in [3.63, 3.8) is 0 Å². The molecule has 0 radical (unpaired) electrons. The molecular formula is C15H21Cl2FN2O2. The van der Waals surface area contributed by atoms with Crippen LogP contribution in [0.2, 0.25) is 5.02 Å². The molecule has 7 heteroatoms. The van der Waals surface area contributed by atoms with Crippen molar-refractivity contribution >= 4 is 29.9 Å². The number of ether oxygens (including phenoxy) is 1. The lowest BCUT2D eigenvalue weighted by atomic mass is 10.1. The molecule has 1 heterocycles. The monoisotopic (exact) mass is 350 g/mol. The van der Waals surface area contributed by atoms with Crippen LogP contribution in [0.5, 0.6) is 0 Å². The highest BCUT2D eigenvalue weighted by atomic mass is 35.5. The van der Waals surface area contributed by atoms with Crippen molar-refractivity contribution in [2.45, 2.75) is 18.9 Å². The van der Waals surface area contributed by atoms with Gasteiger partial charge in [0.15, 0.2) is 0 Å². The Kier molecular flexibility index (Phi) is 8.10. The van der Waals surface area contributed by atoms with Crippen LogP contribution in [-0.2, 0) is 9.53 Å². The molecule has 1 N–H and O–H groups in total. The van der Waals surface area contributed by atoms with Crippen molar-refractivity contribution in [2.24, 2.45) is 0 Å². The maximum absolute atomic E-state index is 13.2. The lowest BCUT2D eigenvalue weighted by Crippen LogP contribution is -2.42. The Morgan fingerprint density at radius 2 is 2.32 bits per heavy atom. The first-order chi connectivity index (χ1) is 10.1. The third-order valence-corrected chi connectivity index (χ3v) is 3.84. The molecule has 22 heavy (non-hydrogen) atoms. The summed E-state index contributed by atoms with van der Waals surface area (Å²) in [5, 5.41) is 3.10. The van der Waals surface area contributed by atoms with Gasteiger partial charge in [0.25, 0.3) is 0 Å². The molecule has 1 amide bonds. The molecule has 0 spiro atoms. The number of morpholine rings is 1. The van der Waals surface area contributed by atoms with E-state index in [0.29, 0.717) is 26.1 Å². The van der Waals surface area contributed by atoms with E-state index in [9.17, 15) is 9.18 Å². The van der Waals surface area contributed by atoms with Gasteiger partial charge >= 0.3 is 0 Å². The summed E-state index contributed by atoms with van der Waals surface area (Å²) in [6.45, 7) is 2.40. The Labute approximate surface area is 141 Å². The zero-order chi connectivity index (χ0) is 15.2. The number of hydrogen-bond acceptors (Lipinski definition) is 3. The fraction of sp³-hybridized carbons (Fsp3) is 0.533. The van der Waals surface area contributed by atoms with E-state index < -0.39 is 5.82 Å². The summed E-state index contributed by atoms with van der Waals surface area (Å²) in [6.07, 6.45) is 1.10. The molecule has 1 aromatic carbocycles. The second-order valence-electron chi connectivity index (χ2n) is 5.08. The molecule has 1 aliphatic heterocycles. The van der Waals surface area contributed by atoms with Crippen LogP contribution in [0.1, 0.15) is 24.5 Å². The molecule has 0 aliphatic carbocycles. The van der Waals surface area contributed by atoms with E-state index in [1.165, 1.54) is 6.07 Å². The molecular weight excluding hydrogens is 330 g/mol. The predicted octanol–water partition coefficient (Wildman–Crippen LogP) is 2.80. The molecule has 0 aromatic heterocycles. The molecule has 1 aliphatic rings. The maximum atomic E-state index is 13.2. The summed E-state index contributed by atoms with van der Waals surface area (Å²) in [5.74, 6) is -0.317. The van der Waals surface area contributed by atoms with Gasteiger partial charge in [-0.2, -0.15) is 0 Å². The second kappa shape index (κ2) is 9.30. The van der Waals surface area contributed by atoms with E-state index in [2.05, 4.69) is 5.32 Å². The van der Waals surface area contributed by atoms with E-state index >= 15 is 0 Å². The molecule has 124 valence electrons. The molecule has 1 fully saturated rings. The van der Waals surface area contributed by atoms with Crippen LogP contribution in [0.25, 0.3) is 0 Å². The van der Waals surface area contributed by atoms with E-state index in [4.69, 9.17) is 16.3 Å². The minimum Gasteiger partial charge on any atom is -0.370 e. The molecule has 1 unspecified atom stereocenters. The minimum atomic E-state index is -0.448. The van der Waals surface area contributed by atoms with Crippen LogP contribution in [0.4, 0.5) is 4.39 Å². The number of halogens is 3.